The molecule has 1 amide bonds. The number of amides is 1. The van der Waals surface area contributed by atoms with E-state index in [0.29, 0.717) is 16.0 Å². The monoisotopic (exact) mass is 371 g/mol. The molecule has 0 unspecified atom stereocenters. The van der Waals surface area contributed by atoms with Gasteiger partial charge in [-0.25, -0.2) is 0 Å². The first-order valence-corrected chi connectivity index (χ1v) is 7.34. The van der Waals surface area contributed by atoms with Gasteiger partial charge in [-0.3, -0.25) is 9.59 Å². The fraction of sp³-hybridized carbons (Fsp3) is 0.333. The average molecular weight is 372 g/mol. The Morgan fingerprint density at radius 3 is 2.59 bits per heavy atom. The van der Waals surface area contributed by atoms with E-state index in [0.717, 1.165) is 5.56 Å². The molecule has 1 N–H and O–H groups in total. The largest absolute Gasteiger partial charge is 0.493 e. The molecular weight excluding hydrogens is 354 g/mol. The molecular formula is C15H18BrNO5. The smallest absolute Gasteiger partial charge is 0.325 e. The molecule has 1 aromatic rings. The molecule has 0 aliphatic carbocycles. The van der Waals surface area contributed by atoms with Gasteiger partial charge < -0.3 is 19.5 Å². The van der Waals surface area contributed by atoms with Gasteiger partial charge in [0.2, 0.25) is 5.91 Å². The lowest BCUT2D eigenvalue weighted by Gasteiger charge is -2.10. The fourth-order valence-corrected chi connectivity index (χ4v) is 2.26. The molecule has 0 aliphatic rings. The first kappa shape index (κ1) is 18.0. The Kier molecular flexibility index (Phi) is 7.45. The number of methoxy groups -OCH3 is 2. The Hall–Kier alpha value is -2.02. The van der Waals surface area contributed by atoms with Crippen LogP contribution in [-0.4, -0.2) is 39.2 Å². The summed E-state index contributed by atoms with van der Waals surface area (Å²) in [5.74, 6) is 0.256. The van der Waals surface area contributed by atoms with E-state index >= 15 is 0 Å². The summed E-state index contributed by atoms with van der Waals surface area (Å²) >= 11 is 3.37. The van der Waals surface area contributed by atoms with Crippen LogP contribution in [0.5, 0.6) is 11.5 Å². The van der Waals surface area contributed by atoms with E-state index in [1.807, 2.05) is 0 Å². The maximum Gasteiger partial charge on any atom is 0.325 e. The molecule has 1 rings (SSSR count). The van der Waals surface area contributed by atoms with Gasteiger partial charge in [-0.2, -0.15) is 0 Å². The quantitative estimate of drug-likeness (QED) is 0.587. The van der Waals surface area contributed by atoms with Crippen LogP contribution in [0.25, 0.3) is 6.08 Å². The van der Waals surface area contributed by atoms with Crippen LogP contribution >= 0.6 is 15.9 Å². The van der Waals surface area contributed by atoms with Gasteiger partial charge in [-0.05, 0) is 46.6 Å². The van der Waals surface area contributed by atoms with Gasteiger partial charge in [0.15, 0.2) is 11.5 Å². The highest BCUT2D eigenvalue weighted by Crippen LogP contribution is 2.36. The number of rotatable bonds is 7. The van der Waals surface area contributed by atoms with E-state index in [9.17, 15) is 9.59 Å². The summed E-state index contributed by atoms with van der Waals surface area (Å²) in [6, 6.07) is 3.52. The zero-order valence-corrected chi connectivity index (χ0v) is 14.2. The van der Waals surface area contributed by atoms with Gasteiger partial charge in [0.25, 0.3) is 0 Å². The van der Waals surface area contributed by atoms with Gasteiger partial charge in [-0.15, -0.1) is 0 Å². The summed E-state index contributed by atoms with van der Waals surface area (Å²) in [5, 5.41) is 2.44. The molecule has 0 saturated heterocycles. The van der Waals surface area contributed by atoms with Crippen molar-refractivity contribution in [1.29, 1.82) is 0 Å². The summed E-state index contributed by atoms with van der Waals surface area (Å²) in [6.45, 7) is 1.82. The number of benzene rings is 1. The van der Waals surface area contributed by atoms with Gasteiger partial charge >= 0.3 is 5.97 Å². The van der Waals surface area contributed by atoms with Crippen molar-refractivity contribution < 1.29 is 23.8 Å². The van der Waals surface area contributed by atoms with Crippen LogP contribution < -0.4 is 14.8 Å². The highest BCUT2D eigenvalue weighted by Gasteiger charge is 2.09. The first-order chi connectivity index (χ1) is 10.5. The van der Waals surface area contributed by atoms with Gasteiger partial charge in [-0.1, -0.05) is 0 Å². The molecule has 0 spiro atoms. The van der Waals surface area contributed by atoms with Crippen molar-refractivity contribution in [2.24, 2.45) is 0 Å². The van der Waals surface area contributed by atoms with Crippen molar-refractivity contribution in [2.75, 3.05) is 27.4 Å². The minimum atomic E-state index is -0.474. The Balaban J connectivity index is 2.71. The molecule has 0 radical (unpaired) electrons. The van der Waals surface area contributed by atoms with Crippen molar-refractivity contribution in [3.63, 3.8) is 0 Å². The highest BCUT2D eigenvalue weighted by atomic mass is 79.9. The Morgan fingerprint density at radius 1 is 1.27 bits per heavy atom. The number of ether oxygens (including phenoxy) is 3. The highest BCUT2D eigenvalue weighted by molar-refractivity contribution is 9.10. The molecule has 1 aromatic carbocycles. The average Bonchev–Trinajstić information content (AvgIpc) is 2.50. The summed E-state index contributed by atoms with van der Waals surface area (Å²) in [4.78, 5) is 22.7. The van der Waals surface area contributed by atoms with Crippen molar-refractivity contribution in [3.05, 3.63) is 28.2 Å². The molecule has 0 fully saturated rings. The van der Waals surface area contributed by atoms with Crippen LogP contribution in [0.2, 0.25) is 0 Å². The molecule has 0 bridgehead atoms. The fourth-order valence-electron chi connectivity index (χ4n) is 1.64. The van der Waals surface area contributed by atoms with E-state index in [-0.39, 0.29) is 19.1 Å². The molecule has 0 saturated carbocycles. The second-order valence-corrected chi connectivity index (χ2v) is 4.95. The molecule has 22 heavy (non-hydrogen) atoms. The number of hydrogen-bond donors (Lipinski definition) is 1. The molecule has 0 aromatic heterocycles. The molecule has 120 valence electrons. The van der Waals surface area contributed by atoms with Crippen molar-refractivity contribution in [2.45, 2.75) is 6.92 Å². The van der Waals surface area contributed by atoms with E-state index in [1.54, 1.807) is 32.2 Å². The predicted molar refractivity (Wildman–Crippen MR) is 85.9 cm³/mol. The summed E-state index contributed by atoms with van der Waals surface area (Å²) in [6.07, 6.45) is 2.93. The molecule has 7 heteroatoms. The predicted octanol–water partition coefficient (Wildman–Crippen LogP) is 2.16. The normalized spacial score (nSPS) is 10.4. The first-order valence-electron chi connectivity index (χ1n) is 6.54. The van der Waals surface area contributed by atoms with Crippen LogP contribution in [0.15, 0.2) is 22.7 Å². The second kappa shape index (κ2) is 9.09. The standard InChI is InChI=1S/C15H18BrNO5/c1-4-22-14(19)9-17-13(18)6-5-10-7-11(16)15(21-3)12(8-10)20-2/h5-8H,4,9H2,1-3H3,(H,17,18)/b6-5+. The third kappa shape index (κ3) is 5.40. The van der Waals surface area contributed by atoms with E-state index < -0.39 is 5.97 Å². The van der Waals surface area contributed by atoms with E-state index in [2.05, 4.69) is 21.2 Å². The summed E-state index contributed by atoms with van der Waals surface area (Å²) in [7, 11) is 3.07. The van der Waals surface area contributed by atoms with Crippen LogP contribution in [0, 0.1) is 0 Å². The van der Waals surface area contributed by atoms with Crippen molar-refractivity contribution in [1.82, 2.24) is 5.32 Å². The molecule has 0 atom stereocenters. The maximum atomic E-state index is 11.6. The summed E-state index contributed by atoms with van der Waals surface area (Å²) in [5.41, 5.74) is 0.746. The van der Waals surface area contributed by atoms with Gasteiger partial charge in [0, 0.05) is 6.08 Å². The number of carbonyl (C=O) groups excluding carboxylic acids is 2. The molecule has 0 aliphatic heterocycles. The van der Waals surface area contributed by atoms with Crippen molar-refractivity contribution in [3.8, 4) is 11.5 Å². The van der Waals surface area contributed by atoms with Crippen LogP contribution in [0.1, 0.15) is 12.5 Å². The molecule has 6 nitrogen and oxygen atoms in total. The van der Waals surface area contributed by atoms with E-state index in [1.165, 1.54) is 13.2 Å². The zero-order valence-electron chi connectivity index (χ0n) is 12.6. The lowest BCUT2D eigenvalue weighted by atomic mass is 10.2. The summed E-state index contributed by atoms with van der Waals surface area (Å²) < 4.78 is 15.9. The number of halogens is 1. The van der Waals surface area contributed by atoms with Crippen LogP contribution in [0.3, 0.4) is 0 Å². The van der Waals surface area contributed by atoms with Gasteiger partial charge in [0.1, 0.15) is 6.54 Å². The third-order valence-corrected chi connectivity index (χ3v) is 3.18. The Morgan fingerprint density at radius 2 is 2.00 bits per heavy atom. The lowest BCUT2D eigenvalue weighted by molar-refractivity contribution is -0.143. The molecule has 0 heterocycles. The maximum absolute atomic E-state index is 11.6. The number of esters is 1. The minimum Gasteiger partial charge on any atom is -0.493 e. The number of carbonyl (C=O) groups is 2. The second-order valence-electron chi connectivity index (χ2n) is 4.09. The van der Waals surface area contributed by atoms with Crippen LogP contribution in [-0.2, 0) is 14.3 Å². The Bertz CT molecular complexity index is 571. The number of hydrogen-bond acceptors (Lipinski definition) is 5. The topological polar surface area (TPSA) is 73.9 Å². The Labute approximate surface area is 137 Å². The van der Waals surface area contributed by atoms with E-state index in [4.69, 9.17) is 14.2 Å². The minimum absolute atomic E-state index is 0.160. The van der Waals surface area contributed by atoms with Crippen LogP contribution in [0.4, 0.5) is 0 Å². The number of nitrogens with one attached hydrogen (secondary N) is 1. The van der Waals surface area contributed by atoms with Gasteiger partial charge in [0.05, 0.1) is 25.3 Å². The zero-order chi connectivity index (χ0) is 16.5. The van der Waals surface area contributed by atoms with Crippen molar-refractivity contribution >= 4 is 33.9 Å². The SMILES string of the molecule is CCOC(=O)CNC(=O)/C=C/c1cc(Br)c(OC)c(OC)c1. The lowest BCUT2D eigenvalue weighted by Crippen LogP contribution is -2.29. The third-order valence-electron chi connectivity index (χ3n) is 2.60.